The number of carbonyl (C=O) groups excluding carboxylic acids is 1. The Hall–Kier alpha value is -2.50. The Morgan fingerprint density at radius 3 is 2.42 bits per heavy atom. The van der Waals surface area contributed by atoms with Gasteiger partial charge in [-0.3, -0.25) is 4.79 Å². The van der Waals surface area contributed by atoms with Gasteiger partial charge in [0.1, 0.15) is 16.3 Å². The van der Waals surface area contributed by atoms with E-state index in [9.17, 15) is 9.90 Å². The molecule has 0 radical (unpaired) electrons. The summed E-state index contributed by atoms with van der Waals surface area (Å²) in [5, 5.41) is 16.6. The molecule has 5 heteroatoms. The molecule has 0 saturated heterocycles. The van der Waals surface area contributed by atoms with E-state index in [-0.39, 0.29) is 18.4 Å². The molecule has 1 aromatic heterocycles. The molecule has 1 aliphatic carbocycles. The molecule has 1 fully saturated rings. The van der Waals surface area contributed by atoms with Crippen LogP contribution in [0.3, 0.4) is 0 Å². The molecule has 0 spiro atoms. The van der Waals surface area contributed by atoms with Gasteiger partial charge in [-0.1, -0.05) is 60.7 Å². The van der Waals surface area contributed by atoms with Gasteiger partial charge in [0.15, 0.2) is 0 Å². The predicted octanol–water partition coefficient (Wildman–Crippen LogP) is 3.84. The van der Waals surface area contributed by atoms with E-state index >= 15 is 0 Å². The molecule has 1 aliphatic rings. The summed E-state index contributed by atoms with van der Waals surface area (Å²) < 4.78 is 0. The number of thiazole rings is 1. The molecule has 0 aliphatic heterocycles. The minimum absolute atomic E-state index is 0.193. The number of nitrogens with zero attached hydrogens (tertiary/aromatic N) is 1. The summed E-state index contributed by atoms with van der Waals surface area (Å²) in [6, 6.07) is 19.4. The van der Waals surface area contributed by atoms with Gasteiger partial charge in [-0.2, -0.15) is 0 Å². The van der Waals surface area contributed by atoms with Gasteiger partial charge in [0.25, 0.3) is 5.91 Å². The number of aliphatic hydroxyl groups is 1. The van der Waals surface area contributed by atoms with Crippen LogP contribution in [-0.4, -0.2) is 22.5 Å². The summed E-state index contributed by atoms with van der Waals surface area (Å²) in [6.45, 7) is 0.193. The smallest absolute Gasteiger partial charge is 0.270 e. The average molecular weight is 364 g/mol. The number of benzene rings is 2. The van der Waals surface area contributed by atoms with Gasteiger partial charge in [0.2, 0.25) is 0 Å². The molecule has 4 rings (SSSR count). The van der Waals surface area contributed by atoms with E-state index in [1.54, 1.807) is 5.38 Å². The maximum Gasteiger partial charge on any atom is 0.270 e. The Balaban J connectivity index is 1.47. The number of aromatic nitrogens is 1. The zero-order valence-corrected chi connectivity index (χ0v) is 15.1. The second kappa shape index (κ2) is 7.02. The molecule has 1 unspecified atom stereocenters. The van der Waals surface area contributed by atoms with E-state index in [2.05, 4.69) is 10.3 Å². The summed E-state index contributed by atoms with van der Waals surface area (Å²) in [5.41, 5.74) is 1.22. The predicted molar refractivity (Wildman–Crippen MR) is 103 cm³/mol. The highest BCUT2D eigenvalue weighted by Gasteiger charge is 2.45. The van der Waals surface area contributed by atoms with Gasteiger partial charge in [-0.15, -0.1) is 11.3 Å². The van der Waals surface area contributed by atoms with Crippen LogP contribution >= 0.6 is 11.3 Å². The first-order valence-electron chi connectivity index (χ1n) is 8.74. The van der Waals surface area contributed by atoms with Crippen LogP contribution in [0.2, 0.25) is 0 Å². The van der Waals surface area contributed by atoms with Crippen molar-refractivity contribution in [3.8, 4) is 10.6 Å². The maximum atomic E-state index is 12.5. The Morgan fingerprint density at radius 1 is 1.12 bits per heavy atom. The number of hydrogen-bond acceptors (Lipinski definition) is 4. The molecule has 2 aromatic carbocycles. The van der Waals surface area contributed by atoms with Crippen molar-refractivity contribution in [1.29, 1.82) is 0 Å². The van der Waals surface area contributed by atoms with Crippen molar-refractivity contribution in [1.82, 2.24) is 10.3 Å². The van der Waals surface area contributed by atoms with Gasteiger partial charge in [-0.25, -0.2) is 4.98 Å². The van der Waals surface area contributed by atoms with Crippen molar-refractivity contribution in [2.75, 3.05) is 6.54 Å². The lowest BCUT2D eigenvalue weighted by Gasteiger charge is -2.29. The summed E-state index contributed by atoms with van der Waals surface area (Å²) in [4.78, 5) is 17.0. The molecular formula is C21H20N2O2S. The van der Waals surface area contributed by atoms with Crippen molar-refractivity contribution in [2.45, 2.75) is 18.4 Å². The van der Waals surface area contributed by atoms with E-state index in [0.29, 0.717) is 5.69 Å². The Morgan fingerprint density at radius 2 is 1.77 bits per heavy atom. The average Bonchev–Trinajstić information content (AvgIpc) is 3.44. The number of hydrogen-bond donors (Lipinski definition) is 2. The highest BCUT2D eigenvalue weighted by Crippen LogP contribution is 2.45. The van der Waals surface area contributed by atoms with Crippen LogP contribution in [0.25, 0.3) is 10.6 Å². The molecule has 1 heterocycles. The number of carbonyl (C=O) groups is 1. The van der Waals surface area contributed by atoms with Gasteiger partial charge in [-0.05, 0) is 24.3 Å². The fourth-order valence-electron chi connectivity index (χ4n) is 3.17. The molecule has 1 atom stereocenters. The highest BCUT2D eigenvalue weighted by molar-refractivity contribution is 7.13. The first-order valence-corrected chi connectivity index (χ1v) is 9.62. The van der Waals surface area contributed by atoms with Crippen molar-refractivity contribution in [3.05, 3.63) is 77.3 Å². The lowest BCUT2D eigenvalue weighted by Crippen LogP contribution is -2.42. The minimum Gasteiger partial charge on any atom is -0.383 e. The lowest BCUT2D eigenvalue weighted by molar-refractivity contribution is 0.0134. The quantitative estimate of drug-likeness (QED) is 0.699. The molecule has 26 heavy (non-hydrogen) atoms. The first-order chi connectivity index (χ1) is 12.7. The third-order valence-electron chi connectivity index (χ3n) is 4.80. The molecular weight excluding hydrogens is 344 g/mol. The standard InChI is InChI=1S/C21H20N2O2S/c24-19(18-13-26-20(23-18)15-7-3-1-4-8-15)22-14-21(25,17-11-12-17)16-9-5-2-6-10-16/h1-10,13,17,25H,11-12,14H2,(H,22,24). The molecule has 0 bridgehead atoms. The van der Waals surface area contributed by atoms with Crippen LogP contribution in [0.15, 0.2) is 66.0 Å². The molecule has 3 aromatic rings. The van der Waals surface area contributed by atoms with E-state index in [1.807, 2.05) is 60.7 Å². The van der Waals surface area contributed by atoms with E-state index in [4.69, 9.17) is 0 Å². The molecule has 4 nitrogen and oxygen atoms in total. The SMILES string of the molecule is O=C(NCC(O)(c1ccccc1)C1CC1)c1csc(-c2ccccc2)n1. The summed E-state index contributed by atoms with van der Waals surface area (Å²) in [6.07, 6.45) is 1.96. The fraction of sp³-hybridized carbons (Fsp3) is 0.238. The minimum atomic E-state index is -1.02. The van der Waals surface area contributed by atoms with Crippen LogP contribution in [-0.2, 0) is 5.60 Å². The monoisotopic (exact) mass is 364 g/mol. The van der Waals surface area contributed by atoms with Crippen molar-refractivity contribution >= 4 is 17.2 Å². The Kier molecular flexibility index (Phi) is 4.57. The van der Waals surface area contributed by atoms with Crippen LogP contribution < -0.4 is 5.32 Å². The van der Waals surface area contributed by atoms with Crippen LogP contribution in [0.4, 0.5) is 0 Å². The van der Waals surface area contributed by atoms with Crippen LogP contribution in [0.1, 0.15) is 28.9 Å². The molecule has 132 valence electrons. The second-order valence-corrected chi connectivity index (χ2v) is 7.51. The van der Waals surface area contributed by atoms with E-state index in [1.165, 1.54) is 11.3 Å². The zero-order chi connectivity index (χ0) is 18.0. The molecule has 1 saturated carbocycles. The zero-order valence-electron chi connectivity index (χ0n) is 14.3. The Labute approximate surface area is 156 Å². The normalized spacial score (nSPS) is 16.0. The topological polar surface area (TPSA) is 62.2 Å². The first kappa shape index (κ1) is 16.9. The van der Waals surface area contributed by atoms with Crippen molar-refractivity contribution in [2.24, 2.45) is 5.92 Å². The molecule has 1 amide bonds. The summed E-state index contributed by atoms with van der Waals surface area (Å²) in [5.74, 6) is -0.0565. The van der Waals surface area contributed by atoms with Gasteiger partial charge in [0, 0.05) is 10.9 Å². The van der Waals surface area contributed by atoms with Crippen LogP contribution in [0.5, 0.6) is 0 Å². The summed E-state index contributed by atoms with van der Waals surface area (Å²) in [7, 11) is 0. The maximum absolute atomic E-state index is 12.5. The largest absolute Gasteiger partial charge is 0.383 e. The van der Waals surface area contributed by atoms with Gasteiger partial charge >= 0.3 is 0 Å². The van der Waals surface area contributed by atoms with Gasteiger partial charge in [0.05, 0.1) is 6.54 Å². The lowest BCUT2D eigenvalue weighted by atomic mass is 9.88. The van der Waals surface area contributed by atoms with Crippen LogP contribution in [0, 0.1) is 5.92 Å². The highest BCUT2D eigenvalue weighted by atomic mass is 32.1. The molecule has 2 N–H and O–H groups in total. The third kappa shape index (κ3) is 3.41. The number of nitrogens with one attached hydrogen (secondary N) is 1. The van der Waals surface area contributed by atoms with Crippen molar-refractivity contribution < 1.29 is 9.90 Å². The number of rotatable bonds is 6. The second-order valence-electron chi connectivity index (χ2n) is 6.65. The number of amides is 1. The Bertz CT molecular complexity index is 891. The van der Waals surface area contributed by atoms with Gasteiger partial charge < -0.3 is 10.4 Å². The third-order valence-corrected chi connectivity index (χ3v) is 5.69. The fourth-order valence-corrected chi connectivity index (χ4v) is 3.97. The van der Waals surface area contributed by atoms with E-state index in [0.717, 1.165) is 29.0 Å². The summed E-state index contributed by atoms with van der Waals surface area (Å²) >= 11 is 1.44. The van der Waals surface area contributed by atoms with Crippen molar-refractivity contribution in [3.63, 3.8) is 0 Å². The van der Waals surface area contributed by atoms with E-state index < -0.39 is 5.60 Å².